The number of carbonyl (C=O) groups is 3. The van der Waals surface area contributed by atoms with Crippen LogP contribution in [0, 0.1) is 10.1 Å². The van der Waals surface area contributed by atoms with E-state index >= 15 is 0 Å². The molecule has 0 saturated carbocycles. The first-order valence-corrected chi connectivity index (χ1v) is 7.12. The van der Waals surface area contributed by atoms with Crippen molar-refractivity contribution in [2.24, 2.45) is 5.73 Å². The minimum Gasteiger partial charge on any atom is -0.480 e. The second-order valence-electron chi connectivity index (χ2n) is 5.37. The van der Waals surface area contributed by atoms with Gasteiger partial charge in [0.05, 0.1) is 22.1 Å². The molecule has 1 unspecified atom stereocenters. The number of amides is 2. The van der Waals surface area contributed by atoms with Crippen molar-refractivity contribution in [3.05, 3.63) is 39.4 Å². The summed E-state index contributed by atoms with van der Waals surface area (Å²) in [5, 5.41) is 21.4. The van der Waals surface area contributed by atoms with Crippen molar-refractivity contribution in [2.45, 2.75) is 31.8 Å². The van der Waals surface area contributed by atoms with Gasteiger partial charge in [-0.1, -0.05) is 6.07 Å². The summed E-state index contributed by atoms with van der Waals surface area (Å²) in [5.74, 6) is -2.49. The van der Waals surface area contributed by atoms with Crippen LogP contribution in [0.15, 0.2) is 18.2 Å². The van der Waals surface area contributed by atoms with Gasteiger partial charge in [0.25, 0.3) is 11.6 Å². The normalized spacial score (nSPS) is 17.5. The number of carboxylic acids is 1. The van der Waals surface area contributed by atoms with Gasteiger partial charge < -0.3 is 10.8 Å². The number of benzene rings is 1. The summed E-state index contributed by atoms with van der Waals surface area (Å²) in [6.45, 7) is 1.55. The van der Waals surface area contributed by atoms with E-state index in [-0.39, 0.29) is 29.7 Å². The lowest BCUT2D eigenvalue weighted by Crippen LogP contribution is -2.49. The fourth-order valence-electron chi connectivity index (χ4n) is 2.64. The average Bonchev–Trinajstić information content (AvgIpc) is 2.75. The van der Waals surface area contributed by atoms with E-state index in [4.69, 9.17) is 5.73 Å². The number of hydrazine groups is 1. The second kappa shape index (κ2) is 6.62. The maximum Gasteiger partial charge on any atom is 0.322 e. The minimum absolute atomic E-state index is 0.112. The third-order valence-electron chi connectivity index (χ3n) is 3.81. The van der Waals surface area contributed by atoms with Gasteiger partial charge in [0.15, 0.2) is 0 Å². The molecule has 1 aliphatic heterocycles. The molecule has 1 aromatic rings. The first kappa shape index (κ1) is 17.3. The van der Waals surface area contributed by atoms with E-state index in [0.717, 1.165) is 5.01 Å². The molecular formula is C14H16N4O6. The molecule has 0 bridgehead atoms. The average molecular weight is 336 g/mol. The van der Waals surface area contributed by atoms with Gasteiger partial charge >= 0.3 is 5.97 Å². The molecule has 0 aliphatic carbocycles. The number of carboxylic acid groups (broad SMARTS) is 1. The van der Waals surface area contributed by atoms with E-state index in [1.54, 1.807) is 6.92 Å². The Hall–Kier alpha value is -3.01. The Kier molecular flexibility index (Phi) is 4.79. The summed E-state index contributed by atoms with van der Waals surface area (Å²) in [4.78, 5) is 45.1. The van der Waals surface area contributed by atoms with Gasteiger partial charge in [0.2, 0.25) is 5.91 Å². The topological polar surface area (TPSA) is 156 Å². The number of nitrogens with zero attached hydrogens (tertiary/aromatic N) is 2. The zero-order chi connectivity index (χ0) is 18.0. The molecule has 0 aromatic heterocycles. The van der Waals surface area contributed by atoms with E-state index in [1.807, 2.05) is 0 Å². The van der Waals surface area contributed by atoms with Crippen molar-refractivity contribution < 1.29 is 24.4 Å². The molecule has 1 aliphatic rings. The molecule has 1 aromatic carbocycles. The van der Waals surface area contributed by atoms with Gasteiger partial charge in [0, 0.05) is 12.5 Å². The summed E-state index contributed by atoms with van der Waals surface area (Å²) in [6, 6.07) is 2.17. The summed E-state index contributed by atoms with van der Waals surface area (Å²) in [6.07, 6.45) is -0.285. The Morgan fingerprint density at radius 1 is 1.50 bits per heavy atom. The SMILES string of the molecule is CC1c2c(cccc2[N+](=O)[O-])C(=O)N1N[C@@H](CCC(N)=O)C(=O)O. The Morgan fingerprint density at radius 2 is 2.17 bits per heavy atom. The van der Waals surface area contributed by atoms with Crippen LogP contribution >= 0.6 is 0 Å². The third-order valence-corrected chi connectivity index (χ3v) is 3.81. The minimum atomic E-state index is -1.26. The molecule has 4 N–H and O–H groups in total. The smallest absolute Gasteiger partial charge is 0.322 e. The van der Waals surface area contributed by atoms with Crippen LogP contribution in [0.25, 0.3) is 0 Å². The van der Waals surface area contributed by atoms with E-state index < -0.39 is 34.8 Å². The van der Waals surface area contributed by atoms with Gasteiger partial charge in [-0.15, -0.1) is 0 Å². The van der Waals surface area contributed by atoms with E-state index in [0.29, 0.717) is 0 Å². The molecule has 128 valence electrons. The summed E-state index contributed by atoms with van der Waals surface area (Å²) in [7, 11) is 0. The molecule has 2 atom stereocenters. The third kappa shape index (κ3) is 3.18. The highest BCUT2D eigenvalue weighted by atomic mass is 16.6. The number of fused-ring (bicyclic) bond motifs is 1. The van der Waals surface area contributed by atoms with Crippen LogP contribution in [-0.2, 0) is 9.59 Å². The van der Waals surface area contributed by atoms with Crippen LogP contribution in [0.1, 0.15) is 41.7 Å². The van der Waals surface area contributed by atoms with Gasteiger partial charge in [-0.2, -0.15) is 0 Å². The number of primary amides is 1. The zero-order valence-corrected chi connectivity index (χ0v) is 12.8. The molecule has 2 rings (SSSR count). The van der Waals surface area contributed by atoms with Crippen molar-refractivity contribution in [1.29, 1.82) is 0 Å². The fraction of sp³-hybridized carbons (Fsp3) is 0.357. The molecule has 0 spiro atoms. The monoisotopic (exact) mass is 336 g/mol. The maximum absolute atomic E-state index is 12.4. The predicted octanol–water partition coefficient (Wildman–Crippen LogP) is 0.335. The van der Waals surface area contributed by atoms with E-state index in [2.05, 4.69) is 5.43 Å². The van der Waals surface area contributed by atoms with Gasteiger partial charge in [-0.05, 0) is 19.4 Å². The zero-order valence-electron chi connectivity index (χ0n) is 12.8. The Labute approximate surface area is 136 Å². The fourth-order valence-corrected chi connectivity index (χ4v) is 2.64. The highest BCUT2D eigenvalue weighted by Crippen LogP contribution is 2.38. The largest absolute Gasteiger partial charge is 0.480 e. The molecule has 2 amide bonds. The van der Waals surface area contributed by atoms with Crippen molar-refractivity contribution in [3.8, 4) is 0 Å². The number of hydrogen-bond acceptors (Lipinski definition) is 6. The number of hydrogen-bond donors (Lipinski definition) is 3. The molecule has 0 saturated heterocycles. The summed E-state index contributed by atoms with van der Waals surface area (Å²) in [5.41, 5.74) is 7.70. The first-order chi connectivity index (χ1) is 11.2. The van der Waals surface area contributed by atoms with Crippen molar-refractivity contribution in [3.63, 3.8) is 0 Å². The lowest BCUT2D eigenvalue weighted by molar-refractivity contribution is -0.385. The number of nitro benzene ring substituents is 1. The number of nitro groups is 1. The van der Waals surface area contributed by atoms with Crippen LogP contribution in [0.4, 0.5) is 5.69 Å². The number of rotatable bonds is 7. The predicted molar refractivity (Wildman–Crippen MR) is 80.7 cm³/mol. The Balaban J connectivity index is 2.28. The van der Waals surface area contributed by atoms with Crippen molar-refractivity contribution in [1.82, 2.24) is 10.4 Å². The number of carbonyl (C=O) groups excluding carboxylic acids is 2. The first-order valence-electron chi connectivity index (χ1n) is 7.12. The Morgan fingerprint density at radius 3 is 2.71 bits per heavy atom. The van der Waals surface area contributed by atoms with Crippen molar-refractivity contribution in [2.75, 3.05) is 0 Å². The lowest BCUT2D eigenvalue weighted by Gasteiger charge is -2.26. The summed E-state index contributed by atoms with van der Waals surface area (Å²) >= 11 is 0. The van der Waals surface area contributed by atoms with Gasteiger partial charge in [0.1, 0.15) is 6.04 Å². The molecule has 10 nitrogen and oxygen atoms in total. The van der Waals surface area contributed by atoms with E-state index in [9.17, 15) is 29.6 Å². The molecule has 0 fully saturated rings. The highest BCUT2D eigenvalue weighted by Gasteiger charge is 2.40. The lowest BCUT2D eigenvalue weighted by atomic mass is 10.0. The molecule has 10 heteroatoms. The van der Waals surface area contributed by atoms with Crippen LogP contribution in [0.3, 0.4) is 0 Å². The quantitative estimate of drug-likeness (QED) is 0.478. The van der Waals surface area contributed by atoms with Crippen LogP contribution in [0.2, 0.25) is 0 Å². The van der Waals surface area contributed by atoms with E-state index in [1.165, 1.54) is 18.2 Å². The number of nitrogens with two attached hydrogens (primary N) is 1. The maximum atomic E-state index is 12.4. The molecule has 1 heterocycles. The van der Waals surface area contributed by atoms with Crippen LogP contribution in [0.5, 0.6) is 0 Å². The molecular weight excluding hydrogens is 320 g/mol. The van der Waals surface area contributed by atoms with Gasteiger partial charge in [-0.25, -0.2) is 5.43 Å². The highest BCUT2D eigenvalue weighted by molar-refractivity contribution is 6.00. The molecule has 24 heavy (non-hydrogen) atoms. The number of nitrogens with one attached hydrogen (secondary N) is 1. The second-order valence-corrected chi connectivity index (χ2v) is 5.37. The number of aliphatic carboxylic acids is 1. The standard InChI is InChI=1S/C14H16N4O6/c1-7-12-8(3-2-4-10(12)18(23)24)13(20)17(7)16-9(14(21)22)5-6-11(15)19/h2-4,7,9,16H,5-6H2,1H3,(H2,15,19)(H,21,22)/t7?,9-/m0/s1. The van der Waals surface area contributed by atoms with Gasteiger partial charge in [-0.3, -0.25) is 29.5 Å². The Bertz CT molecular complexity index is 719. The van der Waals surface area contributed by atoms with Crippen LogP contribution < -0.4 is 11.2 Å². The van der Waals surface area contributed by atoms with Crippen LogP contribution in [-0.4, -0.2) is 38.9 Å². The van der Waals surface area contributed by atoms with Crippen molar-refractivity contribution >= 4 is 23.5 Å². The summed E-state index contributed by atoms with van der Waals surface area (Å²) < 4.78 is 0. The molecule has 0 radical (unpaired) electrons.